The van der Waals surface area contributed by atoms with Gasteiger partial charge >= 0.3 is 0 Å². The fourth-order valence-electron chi connectivity index (χ4n) is 2.51. The third-order valence-electron chi connectivity index (χ3n) is 3.74. The Morgan fingerprint density at radius 3 is 2.65 bits per heavy atom. The second-order valence-electron chi connectivity index (χ2n) is 5.14. The van der Waals surface area contributed by atoms with Crippen molar-refractivity contribution in [3.8, 4) is 0 Å². The van der Waals surface area contributed by atoms with Gasteiger partial charge in [0.1, 0.15) is 5.82 Å². The molecule has 0 aromatic carbocycles. The third-order valence-corrected chi connectivity index (χ3v) is 3.74. The molecule has 1 saturated carbocycles. The van der Waals surface area contributed by atoms with Crippen molar-refractivity contribution in [3.05, 3.63) is 18.3 Å². The van der Waals surface area contributed by atoms with Gasteiger partial charge in [-0.25, -0.2) is 4.98 Å². The van der Waals surface area contributed by atoms with Gasteiger partial charge < -0.3 is 10.6 Å². The molecule has 4 heteroatoms. The van der Waals surface area contributed by atoms with Crippen molar-refractivity contribution in [1.82, 2.24) is 9.88 Å². The van der Waals surface area contributed by atoms with E-state index in [1.54, 1.807) is 6.20 Å². The van der Waals surface area contributed by atoms with Crippen LogP contribution in [-0.4, -0.2) is 42.6 Å². The molecule has 1 aromatic heterocycles. The summed E-state index contributed by atoms with van der Waals surface area (Å²) in [5.74, 6) is 1.65. The van der Waals surface area contributed by atoms with Crippen molar-refractivity contribution < 1.29 is 0 Å². The predicted octanol–water partition coefficient (Wildman–Crippen LogP) is 1.20. The molecule has 92 valence electrons. The highest BCUT2D eigenvalue weighted by molar-refractivity contribution is 5.63. The highest BCUT2D eigenvalue weighted by atomic mass is 15.3. The smallest absolute Gasteiger partial charge is 0.146 e. The summed E-state index contributed by atoms with van der Waals surface area (Å²) in [7, 11) is 0. The van der Waals surface area contributed by atoms with E-state index in [0.717, 1.165) is 37.8 Å². The molecule has 0 amide bonds. The van der Waals surface area contributed by atoms with Crippen LogP contribution in [0.25, 0.3) is 0 Å². The topological polar surface area (TPSA) is 45.4 Å². The Hall–Kier alpha value is -1.29. The Morgan fingerprint density at radius 2 is 2.00 bits per heavy atom. The molecular formula is C13H20N4. The fourth-order valence-corrected chi connectivity index (χ4v) is 2.51. The van der Waals surface area contributed by atoms with E-state index in [0.29, 0.717) is 5.82 Å². The molecule has 0 bridgehead atoms. The van der Waals surface area contributed by atoms with Crippen LogP contribution >= 0.6 is 0 Å². The van der Waals surface area contributed by atoms with Crippen molar-refractivity contribution in [2.75, 3.05) is 43.4 Å². The molecule has 2 heterocycles. The van der Waals surface area contributed by atoms with Gasteiger partial charge in [-0.1, -0.05) is 0 Å². The zero-order valence-corrected chi connectivity index (χ0v) is 10.2. The van der Waals surface area contributed by atoms with E-state index in [4.69, 9.17) is 5.73 Å². The molecule has 2 aliphatic rings. The maximum Gasteiger partial charge on any atom is 0.146 e. The van der Waals surface area contributed by atoms with Crippen LogP contribution in [0.4, 0.5) is 11.5 Å². The van der Waals surface area contributed by atoms with Gasteiger partial charge in [0.2, 0.25) is 0 Å². The van der Waals surface area contributed by atoms with E-state index < -0.39 is 0 Å². The molecule has 0 spiro atoms. The Kier molecular flexibility index (Phi) is 2.89. The summed E-state index contributed by atoms with van der Waals surface area (Å²) >= 11 is 0. The number of anilines is 2. The van der Waals surface area contributed by atoms with Crippen LogP contribution in [-0.2, 0) is 0 Å². The third kappa shape index (κ3) is 2.52. The molecular weight excluding hydrogens is 212 g/mol. The summed E-state index contributed by atoms with van der Waals surface area (Å²) in [5, 5.41) is 0. The molecule has 1 aliphatic heterocycles. The Bertz CT molecular complexity index is 381. The second kappa shape index (κ2) is 4.53. The summed E-state index contributed by atoms with van der Waals surface area (Å²) in [6.45, 7) is 5.76. The number of nitrogen functional groups attached to an aromatic ring is 1. The first-order chi connectivity index (χ1) is 8.33. The largest absolute Gasteiger partial charge is 0.382 e. The lowest BCUT2D eigenvalue weighted by molar-refractivity contribution is 0.248. The quantitative estimate of drug-likeness (QED) is 0.850. The van der Waals surface area contributed by atoms with Crippen molar-refractivity contribution >= 4 is 11.5 Å². The monoisotopic (exact) mass is 232 g/mol. The summed E-state index contributed by atoms with van der Waals surface area (Å²) in [4.78, 5) is 9.09. The van der Waals surface area contributed by atoms with Crippen LogP contribution in [0, 0.1) is 5.92 Å². The number of nitrogens with two attached hydrogens (primary N) is 1. The lowest BCUT2D eigenvalue weighted by Gasteiger charge is -2.36. The average Bonchev–Trinajstić information content (AvgIpc) is 3.15. The highest BCUT2D eigenvalue weighted by Crippen LogP contribution is 2.30. The van der Waals surface area contributed by atoms with E-state index >= 15 is 0 Å². The van der Waals surface area contributed by atoms with Gasteiger partial charge in [0.25, 0.3) is 0 Å². The number of hydrogen-bond acceptors (Lipinski definition) is 4. The number of piperazine rings is 1. The molecule has 3 rings (SSSR count). The van der Waals surface area contributed by atoms with Crippen LogP contribution in [0.2, 0.25) is 0 Å². The zero-order chi connectivity index (χ0) is 11.7. The second-order valence-corrected chi connectivity index (χ2v) is 5.14. The first-order valence-corrected chi connectivity index (χ1v) is 6.51. The summed E-state index contributed by atoms with van der Waals surface area (Å²) in [6.07, 6.45) is 4.63. The van der Waals surface area contributed by atoms with E-state index in [2.05, 4.69) is 20.9 Å². The Balaban J connectivity index is 1.58. The minimum Gasteiger partial charge on any atom is -0.382 e. The molecule has 2 fully saturated rings. The molecule has 0 unspecified atom stereocenters. The van der Waals surface area contributed by atoms with Crippen molar-refractivity contribution in [1.29, 1.82) is 0 Å². The van der Waals surface area contributed by atoms with Gasteiger partial charge in [0, 0.05) is 38.9 Å². The van der Waals surface area contributed by atoms with Crippen LogP contribution < -0.4 is 10.6 Å². The van der Waals surface area contributed by atoms with Gasteiger partial charge in [0.15, 0.2) is 0 Å². The summed E-state index contributed by atoms with van der Waals surface area (Å²) < 4.78 is 0. The van der Waals surface area contributed by atoms with Gasteiger partial charge in [-0.3, -0.25) is 4.90 Å². The summed E-state index contributed by atoms with van der Waals surface area (Å²) in [5.41, 5.74) is 7.01. The molecule has 17 heavy (non-hydrogen) atoms. The van der Waals surface area contributed by atoms with Crippen LogP contribution in [0.15, 0.2) is 18.3 Å². The SMILES string of the molecule is Nc1ncccc1N1CCN(CC2CC2)CC1. The molecule has 0 atom stereocenters. The van der Waals surface area contributed by atoms with Gasteiger partial charge in [0.05, 0.1) is 5.69 Å². The Morgan fingerprint density at radius 1 is 1.24 bits per heavy atom. The zero-order valence-electron chi connectivity index (χ0n) is 10.2. The Labute approximate surface area is 102 Å². The normalized spacial score (nSPS) is 21.8. The highest BCUT2D eigenvalue weighted by Gasteiger charge is 2.26. The maximum absolute atomic E-state index is 5.91. The van der Waals surface area contributed by atoms with Crippen LogP contribution in [0.5, 0.6) is 0 Å². The lowest BCUT2D eigenvalue weighted by atomic mass is 10.2. The first-order valence-electron chi connectivity index (χ1n) is 6.51. The fraction of sp³-hybridized carbons (Fsp3) is 0.615. The van der Waals surface area contributed by atoms with Gasteiger partial charge in [-0.15, -0.1) is 0 Å². The number of aromatic nitrogens is 1. The maximum atomic E-state index is 5.91. The van der Waals surface area contributed by atoms with E-state index in [-0.39, 0.29) is 0 Å². The number of pyridine rings is 1. The van der Waals surface area contributed by atoms with Crippen LogP contribution in [0.1, 0.15) is 12.8 Å². The van der Waals surface area contributed by atoms with Crippen molar-refractivity contribution in [2.45, 2.75) is 12.8 Å². The van der Waals surface area contributed by atoms with Crippen molar-refractivity contribution in [2.24, 2.45) is 5.92 Å². The first kappa shape index (κ1) is 10.8. The molecule has 1 saturated heterocycles. The summed E-state index contributed by atoms with van der Waals surface area (Å²) in [6, 6.07) is 4.03. The van der Waals surface area contributed by atoms with E-state index in [9.17, 15) is 0 Å². The number of hydrogen-bond donors (Lipinski definition) is 1. The predicted molar refractivity (Wildman–Crippen MR) is 70.0 cm³/mol. The standard InChI is InChI=1S/C13H20N4/c14-13-12(2-1-5-15-13)17-8-6-16(7-9-17)10-11-3-4-11/h1-2,5,11H,3-4,6-10H2,(H2,14,15). The average molecular weight is 232 g/mol. The van der Waals surface area contributed by atoms with Crippen LogP contribution in [0.3, 0.4) is 0 Å². The minimum atomic E-state index is 0.656. The number of nitrogens with zero attached hydrogens (tertiary/aromatic N) is 3. The molecule has 0 radical (unpaired) electrons. The molecule has 4 nitrogen and oxygen atoms in total. The van der Waals surface area contributed by atoms with Gasteiger partial charge in [-0.2, -0.15) is 0 Å². The number of rotatable bonds is 3. The molecule has 1 aliphatic carbocycles. The van der Waals surface area contributed by atoms with E-state index in [1.165, 1.54) is 19.4 Å². The lowest BCUT2D eigenvalue weighted by Crippen LogP contribution is -2.47. The molecule has 1 aromatic rings. The van der Waals surface area contributed by atoms with E-state index in [1.807, 2.05) is 6.07 Å². The molecule has 2 N–H and O–H groups in total. The van der Waals surface area contributed by atoms with Gasteiger partial charge in [-0.05, 0) is 30.9 Å². The minimum absolute atomic E-state index is 0.656. The van der Waals surface area contributed by atoms with Crippen molar-refractivity contribution in [3.63, 3.8) is 0 Å².